The highest BCUT2D eigenvalue weighted by atomic mass is 16.5. The predicted molar refractivity (Wildman–Crippen MR) is 131 cm³/mol. The standard InChI is InChI=1S/C26H28N4O4/c1-2-34-26(33)20-6-10-21(11-7-20)27-24(31)18-30-25(32)15-14-23(28-30)19-8-12-22(13-9-19)29-16-4-3-5-17-29/h6-15H,2-5,16-18H2,1H3,(H,27,31). The molecule has 1 aliphatic rings. The van der Waals surface area contributed by atoms with Gasteiger partial charge in [-0.1, -0.05) is 12.1 Å². The molecule has 4 rings (SSSR count). The van der Waals surface area contributed by atoms with Gasteiger partial charge in [-0.05, 0) is 68.7 Å². The van der Waals surface area contributed by atoms with Gasteiger partial charge in [-0.25, -0.2) is 9.48 Å². The lowest BCUT2D eigenvalue weighted by Crippen LogP contribution is -2.29. The highest BCUT2D eigenvalue weighted by molar-refractivity contribution is 5.93. The van der Waals surface area contributed by atoms with Crippen molar-refractivity contribution < 1.29 is 14.3 Å². The van der Waals surface area contributed by atoms with E-state index in [1.807, 2.05) is 12.1 Å². The minimum absolute atomic E-state index is 0.224. The second-order valence-corrected chi connectivity index (χ2v) is 8.16. The molecule has 2 aromatic carbocycles. The van der Waals surface area contributed by atoms with Crippen LogP contribution in [-0.2, 0) is 16.1 Å². The Morgan fingerprint density at radius 3 is 2.32 bits per heavy atom. The Hall–Kier alpha value is -3.94. The molecule has 8 heteroatoms. The second kappa shape index (κ2) is 10.8. The molecular weight excluding hydrogens is 432 g/mol. The molecule has 1 aromatic heterocycles. The first kappa shape index (κ1) is 23.2. The zero-order valence-electron chi connectivity index (χ0n) is 19.2. The largest absolute Gasteiger partial charge is 0.462 e. The van der Waals surface area contributed by atoms with Gasteiger partial charge in [0.15, 0.2) is 0 Å². The Balaban J connectivity index is 1.42. The molecule has 0 atom stereocenters. The quantitative estimate of drug-likeness (QED) is 0.540. The number of esters is 1. The first-order valence-electron chi connectivity index (χ1n) is 11.5. The molecule has 0 saturated carbocycles. The van der Waals surface area contributed by atoms with Crippen LogP contribution >= 0.6 is 0 Å². The predicted octanol–water partition coefficient (Wildman–Crippen LogP) is 3.72. The minimum atomic E-state index is -0.420. The number of carbonyl (C=O) groups excluding carboxylic acids is 2. The Morgan fingerprint density at radius 2 is 1.65 bits per heavy atom. The highest BCUT2D eigenvalue weighted by Crippen LogP contribution is 2.23. The maximum atomic E-state index is 12.5. The second-order valence-electron chi connectivity index (χ2n) is 8.16. The summed E-state index contributed by atoms with van der Waals surface area (Å²) in [6.45, 7) is 3.95. The summed E-state index contributed by atoms with van der Waals surface area (Å²) in [5, 5.41) is 7.12. The van der Waals surface area contributed by atoms with E-state index in [9.17, 15) is 14.4 Å². The molecule has 0 aliphatic carbocycles. The van der Waals surface area contributed by atoms with Crippen molar-refractivity contribution in [1.29, 1.82) is 0 Å². The van der Waals surface area contributed by atoms with Crippen LogP contribution in [0.5, 0.6) is 0 Å². The fourth-order valence-corrected chi connectivity index (χ4v) is 3.95. The number of hydrogen-bond acceptors (Lipinski definition) is 6. The van der Waals surface area contributed by atoms with Gasteiger partial charge < -0.3 is 15.0 Å². The van der Waals surface area contributed by atoms with E-state index in [2.05, 4.69) is 27.4 Å². The molecule has 1 fully saturated rings. The maximum absolute atomic E-state index is 12.5. The van der Waals surface area contributed by atoms with Crippen molar-refractivity contribution in [2.45, 2.75) is 32.7 Å². The van der Waals surface area contributed by atoms with E-state index in [0.717, 1.165) is 23.3 Å². The average molecular weight is 461 g/mol. The number of nitrogens with one attached hydrogen (secondary N) is 1. The van der Waals surface area contributed by atoms with Crippen molar-refractivity contribution in [3.8, 4) is 11.3 Å². The summed E-state index contributed by atoms with van der Waals surface area (Å²) < 4.78 is 6.10. The summed E-state index contributed by atoms with van der Waals surface area (Å²) in [4.78, 5) is 38.9. The van der Waals surface area contributed by atoms with Crippen LogP contribution in [0.2, 0.25) is 0 Å². The van der Waals surface area contributed by atoms with E-state index in [1.54, 1.807) is 37.3 Å². The Kier molecular flexibility index (Phi) is 7.37. The number of carbonyl (C=O) groups is 2. The molecule has 176 valence electrons. The zero-order valence-corrected chi connectivity index (χ0v) is 19.2. The van der Waals surface area contributed by atoms with E-state index >= 15 is 0 Å². The van der Waals surface area contributed by atoms with Crippen LogP contribution in [0.15, 0.2) is 65.5 Å². The van der Waals surface area contributed by atoms with Crippen LogP contribution in [0, 0.1) is 0 Å². The third-order valence-corrected chi connectivity index (χ3v) is 5.72. The van der Waals surface area contributed by atoms with Gasteiger partial charge in [0.25, 0.3) is 5.56 Å². The van der Waals surface area contributed by atoms with E-state index in [0.29, 0.717) is 23.6 Å². The molecular formula is C26H28N4O4. The third-order valence-electron chi connectivity index (χ3n) is 5.72. The van der Waals surface area contributed by atoms with Crippen LogP contribution in [-0.4, -0.2) is 41.4 Å². The molecule has 34 heavy (non-hydrogen) atoms. The Morgan fingerprint density at radius 1 is 0.941 bits per heavy atom. The summed E-state index contributed by atoms with van der Waals surface area (Å²) >= 11 is 0. The number of benzene rings is 2. The van der Waals surface area contributed by atoms with Gasteiger partial charge in [-0.2, -0.15) is 5.10 Å². The monoisotopic (exact) mass is 460 g/mol. The number of piperidine rings is 1. The third kappa shape index (κ3) is 5.70. The topological polar surface area (TPSA) is 93.5 Å². The van der Waals surface area contributed by atoms with Gasteiger partial charge in [0, 0.05) is 36.1 Å². The summed E-state index contributed by atoms with van der Waals surface area (Å²) in [5.41, 5.74) is 3.24. The van der Waals surface area contributed by atoms with Crippen LogP contribution in [0.4, 0.5) is 11.4 Å². The molecule has 1 aliphatic heterocycles. The van der Waals surface area contributed by atoms with E-state index in [-0.39, 0.29) is 12.1 Å². The lowest BCUT2D eigenvalue weighted by atomic mass is 10.1. The zero-order chi connectivity index (χ0) is 23.9. The van der Waals surface area contributed by atoms with E-state index in [1.165, 1.54) is 31.0 Å². The normalized spacial score (nSPS) is 13.4. The first-order valence-corrected chi connectivity index (χ1v) is 11.5. The molecule has 3 aromatic rings. The number of amides is 1. The number of aromatic nitrogens is 2. The highest BCUT2D eigenvalue weighted by Gasteiger charge is 2.13. The van der Waals surface area contributed by atoms with Crippen LogP contribution in [0.1, 0.15) is 36.5 Å². The number of anilines is 2. The van der Waals surface area contributed by atoms with Crippen molar-refractivity contribution in [3.05, 3.63) is 76.6 Å². The van der Waals surface area contributed by atoms with Crippen molar-refractivity contribution in [2.75, 3.05) is 29.9 Å². The van der Waals surface area contributed by atoms with Crippen molar-refractivity contribution in [2.24, 2.45) is 0 Å². The smallest absolute Gasteiger partial charge is 0.338 e. The van der Waals surface area contributed by atoms with Gasteiger partial charge in [-0.3, -0.25) is 9.59 Å². The summed E-state index contributed by atoms with van der Waals surface area (Å²) in [5.74, 6) is -0.812. The van der Waals surface area contributed by atoms with Crippen LogP contribution in [0.3, 0.4) is 0 Å². The summed E-state index contributed by atoms with van der Waals surface area (Å²) in [6, 6.07) is 17.6. The van der Waals surface area contributed by atoms with Gasteiger partial charge in [0.2, 0.25) is 5.91 Å². The molecule has 2 heterocycles. The number of hydrogen-bond donors (Lipinski definition) is 1. The number of ether oxygens (including phenoxy) is 1. The van der Waals surface area contributed by atoms with Crippen molar-refractivity contribution >= 4 is 23.3 Å². The van der Waals surface area contributed by atoms with Crippen molar-refractivity contribution in [1.82, 2.24) is 9.78 Å². The average Bonchev–Trinajstić information content (AvgIpc) is 2.86. The Bertz CT molecular complexity index is 1200. The molecule has 0 bridgehead atoms. The molecule has 1 amide bonds. The summed E-state index contributed by atoms with van der Waals surface area (Å²) in [6.07, 6.45) is 3.71. The molecule has 1 saturated heterocycles. The fraction of sp³-hybridized carbons (Fsp3) is 0.308. The summed E-state index contributed by atoms with van der Waals surface area (Å²) in [7, 11) is 0. The molecule has 0 radical (unpaired) electrons. The van der Waals surface area contributed by atoms with Gasteiger partial charge in [0.05, 0.1) is 17.9 Å². The van der Waals surface area contributed by atoms with Gasteiger partial charge >= 0.3 is 5.97 Å². The molecule has 8 nitrogen and oxygen atoms in total. The van der Waals surface area contributed by atoms with Crippen LogP contribution in [0.25, 0.3) is 11.3 Å². The fourth-order valence-electron chi connectivity index (χ4n) is 3.95. The van der Waals surface area contributed by atoms with E-state index < -0.39 is 11.9 Å². The van der Waals surface area contributed by atoms with Gasteiger partial charge in [0.1, 0.15) is 6.54 Å². The van der Waals surface area contributed by atoms with E-state index in [4.69, 9.17) is 4.74 Å². The molecule has 1 N–H and O–H groups in total. The number of nitrogens with zero attached hydrogens (tertiary/aromatic N) is 3. The Labute approximate surface area is 198 Å². The lowest BCUT2D eigenvalue weighted by Gasteiger charge is -2.28. The SMILES string of the molecule is CCOC(=O)c1ccc(NC(=O)Cn2nc(-c3ccc(N4CCCCC4)cc3)ccc2=O)cc1. The molecule has 0 spiro atoms. The first-order chi connectivity index (χ1) is 16.5. The molecule has 0 unspecified atom stereocenters. The minimum Gasteiger partial charge on any atom is -0.462 e. The maximum Gasteiger partial charge on any atom is 0.338 e. The lowest BCUT2D eigenvalue weighted by molar-refractivity contribution is -0.117. The van der Waals surface area contributed by atoms with Gasteiger partial charge in [-0.15, -0.1) is 0 Å². The van der Waals surface area contributed by atoms with Crippen LogP contribution < -0.4 is 15.8 Å². The number of rotatable bonds is 7. The van der Waals surface area contributed by atoms with Crippen molar-refractivity contribution in [3.63, 3.8) is 0 Å².